The number of hydrogen-bond acceptors (Lipinski definition) is 5. The highest BCUT2D eigenvalue weighted by atomic mass is 16.7. The van der Waals surface area contributed by atoms with Crippen LogP contribution in [-0.2, 0) is 27.5 Å². The van der Waals surface area contributed by atoms with Crippen molar-refractivity contribution in [3.63, 3.8) is 0 Å². The fourth-order valence-corrected chi connectivity index (χ4v) is 4.17. The number of nitrogens with zero attached hydrogens (tertiary/aromatic N) is 4. The zero-order chi connectivity index (χ0) is 21.4. The molecule has 0 spiro atoms. The minimum Gasteiger partial charge on any atom is -0.467 e. The van der Waals surface area contributed by atoms with Crippen molar-refractivity contribution in [3.8, 4) is 0 Å². The van der Waals surface area contributed by atoms with E-state index >= 15 is 0 Å². The standard InChI is InChI=1S/C23H22N4O4/c1-30-22(28)21-20-18(13-25(24-20)12-16-8-4-2-5-9-16)19-14-26(21)23(29)27(19)31-15-17-10-6-3-7-11-17/h2-11,13,19,21H,12,14-15H2,1H3/t19-,21+/m1/s1. The molecule has 1 fully saturated rings. The van der Waals surface area contributed by atoms with Gasteiger partial charge in [-0.15, -0.1) is 0 Å². The number of rotatable bonds is 6. The van der Waals surface area contributed by atoms with Gasteiger partial charge >= 0.3 is 12.0 Å². The van der Waals surface area contributed by atoms with Crippen LogP contribution in [0.3, 0.4) is 0 Å². The van der Waals surface area contributed by atoms with E-state index in [1.165, 1.54) is 17.1 Å². The first-order valence-corrected chi connectivity index (χ1v) is 10.1. The topological polar surface area (TPSA) is 76.9 Å². The molecule has 0 saturated carbocycles. The van der Waals surface area contributed by atoms with E-state index in [1.807, 2.05) is 66.9 Å². The molecule has 8 heteroatoms. The first-order chi connectivity index (χ1) is 15.2. The Morgan fingerprint density at radius 2 is 1.74 bits per heavy atom. The third-order valence-corrected chi connectivity index (χ3v) is 5.66. The molecule has 0 N–H and O–H groups in total. The van der Waals surface area contributed by atoms with Gasteiger partial charge in [-0.25, -0.2) is 9.59 Å². The van der Waals surface area contributed by atoms with Crippen LogP contribution in [0.2, 0.25) is 0 Å². The Labute approximate surface area is 179 Å². The van der Waals surface area contributed by atoms with Gasteiger partial charge in [0.25, 0.3) is 0 Å². The Morgan fingerprint density at radius 3 is 2.42 bits per heavy atom. The van der Waals surface area contributed by atoms with Crippen LogP contribution in [0.15, 0.2) is 66.9 Å². The summed E-state index contributed by atoms with van der Waals surface area (Å²) in [6.07, 6.45) is 1.90. The van der Waals surface area contributed by atoms with E-state index in [9.17, 15) is 9.59 Å². The number of benzene rings is 2. The number of fused-ring (bicyclic) bond motifs is 4. The Morgan fingerprint density at radius 1 is 1.06 bits per heavy atom. The van der Waals surface area contributed by atoms with Gasteiger partial charge in [-0.2, -0.15) is 10.2 Å². The van der Waals surface area contributed by atoms with Crippen LogP contribution in [0, 0.1) is 0 Å². The molecule has 2 atom stereocenters. The van der Waals surface area contributed by atoms with Crippen molar-refractivity contribution in [3.05, 3.63) is 89.2 Å². The molecular weight excluding hydrogens is 396 g/mol. The van der Waals surface area contributed by atoms with E-state index in [2.05, 4.69) is 5.10 Å². The molecule has 2 amide bonds. The monoisotopic (exact) mass is 418 g/mol. The Hall–Kier alpha value is -3.65. The molecule has 0 unspecified atom stereocenters. The summed E-state index contributed by atoms with van der Waals surface area (Å²) >= 11 is 0. The largest absolute Gasteiger partial charge is 0.467 e. The van der Waals surface area contributed by atoms with Crippen molar-refractivity contribution >= 4 is 12.0 Å². The van der Waals surface area contributed by atoms with E-state index in [4.69, 9.17) is 9.57 Å². The van der Waals surface area contributed by atoms with Crippen molar-refractivity contribution < 1.29 is 19.2 Å². The highest BCUT2D eigenvalue weighted by molar-refractivity contribution is 5.87. The van der Waals surface area contributed by atoms with Gasteiger partial charge in [0.05, 0.1) is 20.2 Å². The van der Waals surface area contributed by atoms with Gasteiger partial charge in [-0.05, 0) is 11.1 Å². The number of carbonyl (C=O) groups excluding carboxylic acids is 2. The van der Waals surface area contributed by atoms with Gasteiger partial charge in [-0.3, -0.25) is 9.52 Å². The van der Waals surface area contributed by atoms with Crippen molar-refractivity contribution in [2.75, 3.05) is 13.7 Å². The second-order valence-electron chi connectivity index (χ2n) is 7.61. The fraction of sp³-hybridized carbons (Fsp3) is 0.261. The van der Waals surface area contributed by atoms with E-state index < -0.39 is 12.0 Å². The van der Waals surface area contributed by atoms with Crippen LogP contribution in [0.25, 0.3) is 0 Å². The SMILES string of the molecule is COC(=O)[C@@H]1c2nn(Cc3ccccc3)cc2[C@H]2CN1C(=O)N2OCc1ccccc1. The van der Waals surface area contributed by atoms with Crippen molar-refractivity contribution in [1.82, 2.24) is 19.7 Å². The van der Waals surface area contributed by atoms with Crippen LogP contribution < -0.4 is 0 Å². The molecular formula is C23H22N4O4. The van der Waals surface area contributed by atoms with Gasteiger partial charge in [0.15, 0.2) is 6.04 Å². The summed E-state index contributed by atoms with van der Waals surface area (Å²) < 4.78 is 6.80. The average Bonchev–Trinajstić information content (AvgIpc) is 3.34. The van der Waals surface area contributed by atoms with E-state index in [1.54, 1.807) is 4.68 Å². The predicted octanol–water partition coefficient (Wildman–Crippen LogP) is 3.07. The molecule has 2 bridgehead atoms. The molecule has 1 saturated heterocycles. The summed E-state index contributed by atoms with van der Waals surface area (Å²) in [6, 6.07) is 18.0. The Bertz CT molecular complexity index is 1100. The fourth-order valence-electron chi connectivity index (χ4n) is 4.17. The number of ether oxygens (including phenoxy) is 1. The molecule has 2 aliphatic heterocycles. The molecule has 3 aromatic rings. The summed E-state index contributed by atoms with van der Waals surface area (Å²) in [7, 11) is 1.32. The molecule has 0 aliphatic carbocycles. The summed E-state index contributed by atoms with van der Waals surface area (Å²) in [6.45, 7) is 1.16. The molecule has 158 valence electrons. The second-order valence-corrected chi connectivity index (χ2v) is 7.61. The van der Waals surface area contributed by atoms with Gasteiger partial charge in [-0.1, -0.05) is 60.7 Å². The highest BCUT2D eigenvalue weighted by Crippen LogP contribution is 2.44. The second kappa shape index (κ2) is 7.88. The molecule has 1 aromatic heterocycles. The number of aromatic nitrogens is 2. The number of urea groups is 1. The smallest absolute Gasteiger partial charge is 0.345 e. The van der Waals surface area contributed by atoms with Crippen LogP contribution in [0.1, 0.15) is 34.5 Å². The van der Waals surface area contributed by atoms with E-state index in [-0.39, 0.29) is 18.7 Å². The van der Waals surface area contributed by atoms with Crippen LogP contribution in [0.4, 0.5) is 4.79 Å². The minimum atomic E-state index is -0.883. The zero-order valence-corrected chi connectivity index (χ0v) is 17.0. The number of methoxy groups -OCH3 is 1. The molecule has 31 heavy (non-hydrogen) atoms. The lowest BCUT2D eigenvalue weighted by Crippen LogP contribution is -2.39. The Kier molecular flexibility index (Phi) is 4.91. The number of amides is 2. The van der Waals surface area contributed by atoms with Crippen molar-refractivity contribution in [2.45, 2.75) is 25.2 Å². The quantitative estimate of drug-likeness (QED) is 0.575. The van der Waals surface area contributed by atoms with E-state index in [0.29, 0.717) is 18.8 Å². The third kappa shape index (κ3) is 3.44. The molecule has 3 heterocycles. The first kappa shape index (κ1) is 19.3. The van der Waals surface area contributed by atoms with Crippen molar-refractivity contribution in [2.24, 2.45) is 0 Å². The zero-order valence-electron chi connectivity index (χ0n) is 17.0. The third-order valence-electron chi connectivity index (χ3n) is 5.66. The molecule has 8 nitrogen and oxygen atoms in total. The number of hydroxylamine groups is 2. The van der Waals surface area contributed by atoms with E-state index in [0.717, 1.165) is 16.7 Å². The lowest BCUT2D eigenvalue weighted by Gasteiger charge is -2.27. The number of carbonyl (C=O) groups is 2. The normalized spacial score (nSPS) is 19.5. The lowest BCUT2D eigenvalue weighted by atomic mass is 9.98. The molecule has 2 aliphatic rings. The lowest BCUT2D eigenvalue weighted by molar-refractivity contribution is -0.146. The highest BCUT2D eigenvalue weighted by Gasteiger charge is 2.53. The summed E-state index contributed by atoms with van der Waals surface area (Å²) in [5, 5.41) is 6.03. The maximum absolute atomic E-state index is 13.1. The van der Waals surface area contributed by atoms with Crippen LogP contribution in [0.5, 0.6) is 0 Å². The van der Waals surface area contributed by atoms with Gasteiger partial charge in [0.2, 0.25) is 0 Å². The summed E-state index contributed by atoms with van der Waals surface area (Å²) in [5.41, 5.74) is 3.40. The average molecular weight is 418 g/mol. The maximum atomic E-state index is 13.1. The first-order valence-electron chi connectivity index (χ1n) is 10.1. The number of esters is 1. The number of hydrogen-bond donors (Lipinski definition) is 0. The van der Waals surface area contributed by atoms with Gasteiger partial charge in [0.1, 0.15) is 18.3 Å². The summed E-state index contributed by atoms with van der Waals surface area (Å²) in [4.78, 5) is 33.0. The van der Waals surface area contributed by atoms with Crippen LogP contribution >= 0.6 is 0 Å². The van der Waals surface area contributed by atoms with Crippen molar-refractivity contribution in [1.29, 1.82) is 0 Å². The molecule has 5 rings (SSSR count). The minimum absolute atomic E-state index is 0.257. The van der Waals surface area contributed by atoms with Gasteiger partial charge < -0.3 is 9.64 Å². The summed E-state index contributed by atoms with van der Waals surface area (Å²) in [5.74, 6) is -0.511. The predicted molar refractivity (Wildman–Crippen MR) is 110 cm³/mol. The maximum Gasteiger partial charge on any atom is 0.345 e. The van der Waals surface area contributed by atoms with Crippen LogP contribution in [-0.4, -0.2) is 45.4 Å². The molecule has 0 radical (unpaired) electrons. The molecule has 2 aromatic carbocycles. The Balaban J connectivity index is 1.46. The van der Waals surface area contributed by atoms with Gasteiger partial charge in [0, 0.05) is 11.8 Å².